The number of methoxy groups -OCH3 is 1. The maximum absolute atomic E-state index is 13.8. The summed E-state index contributed by atoms with van der Waals surface area (Å²) >= 11 is 3.20. The number of carbonyl (C=O) groups excluding carboxylic acids is 2. The summed E-state index contributed by atoms with van der Waals surface area (Å²) in [7, 11) is 1.25. The smallest absolute Gasteiger partial charge is 0.359 e. The zero-order valence-corrected chi connectivity index (χ0v) is 14.0. The zero-order valence-electron chi connectivity index (χ0n) is 12.4. The second kappa shape index (κ2) is 6.40. The van der Waals surface area contributed by atoms with E-state index in [1.165, 1.54) is 25.3 Å². The molecule has 1 aromatic heterocycles. The lowest BCUT2D eigenvalue weighted by molar-refractivity contribution is 0.0596. The maximum atomic E-state index is 13.8. The molecule has 1 amide bonds. The van der Waals surface area contributed by atoms with Crippen LogP contribution in [0.1, 0.15) is 20.8 Å². The second-order valence-electron chi connectivity index (χ2n) is 4.90. The van der Waals surface area contributed by atoms with Crippen molar-refractivity contribution in [2.45, 2.75) is 0 Å². The van der Waals surface area contributed by atoms with Gasteiger partial charge in [0.15, 0.2) is 5.69 Å². The number of ether oxygens (including phenoxy) is 1. The van der Waals surface area contributed by atoms with Gasteiger partial charge in [-0.1, -0.05) is 15.9 Å². The molecule has 2 N–H and O–H groups in total. The Hall–Kier alpha value is -2.74. The van der Waals surface area contributed by atoms with Crippen LogP contribution in [0.25, 0.3) is 10.9 Å². The first-order chi connectivity index (χ1) is 11.5. The summed E-state index contributed by atoms with van der Waals surface area (Å²) in [5.74, 6) is -1.82. The van der Waals surface area contributed by atoms with Gasteiger partial charge in [-0.2, -0.15) is 5.10 Å². The van der Waals surface area contributed by atoms with Crippen molar-refractivity contribution in [1.82, 2.24) is 10.2 Å². The predicted molar refractivity (Wildman–Crippen MR) is 89.5 cm³/mol. The Morgan fingerprint density at radius 2 is 2.04 bits per heavy atom. The predicted octanol–water partition coefficient (Wildman–Crippen LogP) is 3.50. The van der Waals surface area contributed by atoms with Crippen LogP contribution in [0.2, 0.25) is 0 Å². The molecule has 0 bridgehead atoms. The summed E-state index contributed by atoms with van der Waals surface area (Å²) in [5.41, 5.74) is 1.03. The van der Waals surface area contributed by atoms with E-state index in [1.807, 2.05) is 0 Å². The molecule has 8 heteroatoms. The summed E-state index contributed by atoms with van der Waals surface area (Å²) < 4.78 is 19.0. The van der Waals surface area contributed by atoms with Gasteiger partial charge in [-0.3, -0.25) is 9.89 Å². The number of hydrogen-bond donors (Lipinski definition) is 2. The molecule has 0 unspecified atom stereocenters. The van der Waals surface area contributed by atoms with E-state index < -0.39 is 17.7 Å². The Balaban J connectivity index is 1.94. The van der Waals surface area contributed by atoms with Crippen molar-refractivity contribution < 1.29 is 18.7 Å². The molecule has 0 radical (unpaired) electrons. The number of aromatic nitrogens is 2. The highest BCUT2D eigenvalue weighted by atomic mass is 79.9. The number of aromatic amines is 1. The molecule has 1 heterocycles. The average molecular weight is 392 g/mol. The van der Waals surface area contributed by atoms with Crippen LogP contribution in [-0.2, 0) is 4.74 Å². The third kappa shape index (κ3) is 3.00. The summed E-state index contributed by atoms with van der Waals surface area (Å²) in [4.78, 5) is 23.9. The van der Waals surface area contributed by atoms with Crippen molar-refractivity contribution in [2.24, 2.45) is 0 Å². The first-order valence-electron chi connectivity index (χ1n) is 6.82. The van der Waals surface area contributed by atoms with Crippen LogP contribution in [0, 0.1) is 5.82 Å². The molecule has 6 nitrogen and oxygen atoms in total. The largest absolute Gasteiger partial charge is 0.464 e. The van der Waals surface area contributed by atoms with Crippen LogP contribution in [0.15, 0.2) is 40.9 Å². The molecular weight excluding hydrogens is 381 g/mol. The molecule has 0 aliphatic rings. The highest BCUT2D eigenvalue weighted by Crippen LogP contribution is 2.23. The number of amides is 1. The second-order valence-corrected chi connectivity index (χ2v) is 5.82. The molecule has 3 rings (SSSR count). The standard InChI is InChI=1S/C16H11BrFN3O3/c1-24-16(23)14-11-7-9(3-5-13(11)20-21-14)19-15(22)10-6-8(17)2-4-12(10)18/h2-7H,1H3,(H,19,22)(H,20,21). The lowest BCUT2D eigenvalue weighted by Crippen LogP contribution is -2.13. The van der Waals surface area contributed by atoms with Crippen molar-refractivity contribution in [3.05, 3.63) is 57.9 Å². The van der Waals surface area contributed by atoms with Crippen LogP contribution >= 0.6 is 15.9 Å². The maximum Gasteiger partial charge on any atom is 0.359 e. The molecule has 0 fully saturated rings. The van der Waals surface area contributed by atoms with E-state index in [-0.39, 0.29) is 11.3 Å². The number of benzene rings is 2. The fraction of sp³-hybridized carbons (Fsp3) is 0.0625. The normalized spacial score (nSPS) is 10.6. The van der Waals surface area contributed by atoms with Gasteiger partial charge in [0.2, 0.25) is 0 Å². The van der Waals surface area contributed by atoms with Gasteiger partial charge in [-0.25, -0.2) is 9.18 Å². The van der Waals surface area contributed by atoms with E-state index in [4.69, 9.17) is 0 Å². The molecule has 0 aliphatic heterocycles. The summed E-state index contributed by atoms with van der Waals surface area (Å²) in [5, 5.41) is 9.69. The van der Waals surface area contributed by atoms with Gasteiger partial charge in [0.05, 0.1) is 18.2 Å². The SMILES string of the molecule is COC(=O)c1n[nH]c2ccc(NC(=O)c3cc(Br)ccc3F)cc12. The number of hydrogen-bond acceptors (Lipinski definition) is 4. The van der Waals surface area contributed by atoms with Gasteiger partial charge < -0.3 is 10.1 Å². The lowest BCUT2D eigenvalue weighted by atomic mass is 10.1. The number of H-pyrrole nitrogens is 1. The number of fused-ring (bicyclic) bond motifs is 1. The van der Waals surface area contributed by atoms with E-state index in [1.54, 1.807) is 18.2 Å². The van der Waals surface area contributed by atoms with E-state index in [0.717, 1.165) is 0 Å². The number of anilines is 1. The number of esters is 1. The van der Waals surface area contributed by atoms with Crippen molar-refractivity contribution >= 4 is 44.4 Å². The van der Waals surface area contributed by atoms with Crippen molar-refractivity contribution in [3.63, 3.8) is 0 Å². The minimum absolute atomic E-state index is 0.0927. The fourth-order valence-corrected chi connectivity index (χ4v) is 2.58. The molecule has 24 heavy (non-hydrogen) atoms. The number of nitrogens with one attached hydrogen (secondary N) is 2. The third-order valence-electron chi connectivity index (χ3n) is 3.37. The van der Waals surface area contributed by atoms with Crippen LogP contribution in [0.5, 0.6) is 0 Å². The molecule has 0 spiro atoms. The molecular formula is C16H11BrFN3O3. The monoisotopic (exact) mass is 391 g/mol. The minimum atomic E-state index is -0.629. The fourth-order valence-electron chi connectivity index (χ4n) is 2.21. The van der Waals surface area contributed by atoms with Gasteiger partial charge in [-0.05, 0) is 36.4 Å². The topological polar surface area (TPSA) is 84.1 Å². The first-order valence-corrected chi connectivity index (χ1v) is 7.61. The molecule has 122 valence electrons. The lowest BCUT2D eigenvalue weighted by Gasteiger charge is -2.07. The highest BCUT2D eigenvalue weighted by molar-refractivity contribution is 9.10. The summed E-state index contributed by atoms with van der Waals surface area (Å²) in [6.45, 7) is 0. The summed E-state index contributed by atoms with van der Waals surface area (Å²) in [6, 6.07) is 8.94. The van der Waals surface area contributed by atoms with Gasteiger partial charge in [0.1, 0.15) is 5.82 Å². The molecule has 0 aliphatic carbocycles. The van der Waals surface area contributed by atoms with Crippen LogP contribution in [0.4, 0.5) is 10.1 Å². The Labute approximate surface area is 144 Å². The van der Waals surface area contributed by atoms with Gasteiger partial charge in [-0.15, -0.1) is 0 Å². The van der Waals surface area contributed by atoms with Gasteiger partial charge in [0, 0.05) is 15.5 Å². The van der Waals surface area contributed by atoms with Crippen LogP contribution in [0.3, 0.4) is 0 Å². The van der Waals surface area contributed by atoms with Crippen molar-refractivity contribution in [2.75, 3.05) is 12.4 Å². The molecule has 0 saturated carbocycles. The van der Waals surface area contributed by atoms with Crippen molar-refractivity contribution in [1.29, 1.82) is 0 Å². The Morgan fingerprint density at radius 1 is 1.25 bits per heavy atom. The van der Waals surface area contributed by atoms with Gasteiger partial charge >= 0.3 is 5.97 Å². The quantitative estimate of drug-likeness (QED) is 0.669. The zero-order chi connectivity index (χ0) is 17.3. The van der Waals surface area contributed by atoms with E-state index in [2.05, 4.69) is 36.2 Å². The summed E-state index contributed by atoms with van der Waals surface area (Å²) in [6.07, 6.45) is 0. The number of carbonyl (C=O) groups is 2. The number of nitrogens with zero attached hydrogens (tertiary/aromatic N) is 1. The Kier molecular flexibility index (Phi) is 4.30. The highest BCUT2D eigenvalue weighted by Gasteiger charge is 2.16. The van der Waals surface area contributed by atoms with Crippen LogP contribution < -0.4 is 5.32 Å². The van der Waals surface area contributed by atoms with E-state index in [9.17, 15) is 14.0 Å². The third-order valence-corrected chi connectivity index (χ3v) is 3.87. The molecule has 0 saturated heterocycles. The molecule has 0 atom stereocenters. The number of halogens is 2. The van der Waals surface area contributed by atoms with Gasteiger partial charge in [0.25, 0.3) is 5.91 Å². The van der Waals surface area contributed by atoms with E-state index >= 15 is 0 Å². The molecule has 2 aromatic carbocycles. The Bertz CT molecular complexity index is 955. The first kappa shape index (κ1) is 16.1. The van der Waals surface area contributed by atoms with Crippen LogP contribution in [-0.4, -0.2) is 29.2 Å². The van der Waals surface area contributed by atoms with E-state index in [0.29, 0.717) is 21.1 Å². The average Bonchev–Trinajstić information content (AvgIpc) is 2.99. The minimum Gasteiger partial charge on any atom is -0.464 e. The number of rotatable bonds is 3. The molecule has 3 aromatic rings. The Morgan fingerprint density at radius 3 is 2.79 bits per heavy atom. The van der Waals surface area contributed by atoms with Crippen molar-refractivity contribution in [3.8, 4) is 0 Å².